The number of pyridine rings is 1. The second-order valence-corrected chi connectivity index (χ2v) is 6.56. The molecule has 4 rings (SSSR count). The summed E-state index contributed by atoms with van der Waals surface area (Å²) < 4.78 is 19.4. The largest absolute Gasteiger partial charge is 0.440 e. The van der Waals surface area contributed by atoms with Crippen LogP contribution in [0.2, 0.25) is 0 Å². The number of aromatic nitrogens is 1. The van der Waals surface area contributed by atoms with Gasteiger partial charge >= 0.3 is 6.09 Å². The van der Waals surface area contributed by atoms with E-state index in [0.29, 0.717) is 30.7 Å². The number of rotatable bonds is 2. The predicted octanol–water partition coefficient (Wildman–Crippen LogP) is 1.74. The first-order chi connectivity index (χ1) is 11.5. The molecular formula is C17H18FN3O3. The summed E-state index contributed by atoms with van der Waals surface area (Å²) in [5, 5.41) is 3.06. The van der Waals surface area contributed by atoms with Gasteiger partial charge in [0, 0.05) is 30.2 Å². The molecule has 2 aromatic rings. The van der Waals surface area contributed by atoms with E-state index >= 15 is 0 Å². The molecule has 2 aliphatic rings. The Morgan fingerprint density at radius 2 is 2.21 bits per heavy atom. The zero-order chi connectivity index (χ0) is 16.7. The lowest BCUT2D eigenvalue weighted by Gasteiger charge is -2.38. The molecular weight excluding hydrogens is 313 g/mol. The molecule has 0 radical (unpaired) electrons. The van der Waals surface area contributed by atoms with Crippen molar-refractivity contribution >= 4 is 17.0 Å². The summed E-state index contributed by atoms with van der Waals surface area (Å²) in [4.78, 5) is 28.7. The van der Waals surface area contributed by atoms with Crippen LogP contribution in [-0.4, -0.2) is 41.2 Å². The zero-order valence-electron chi connectivity index (χ0n) is 13.1. The van der Waals surface area contributed by atoms with E-state index in [1.54, 1.807) is 6.07 Å². The minimum Gasteiger partial charge on any atom is -0.440 e. The number of para-hydroxylation sites is 1. The number of ether oxygens (including phenoxy) is 1. The highest BCUT2D eigenvalue weighted by atomic mass is 19.1. The number of benzene rings is 1. The molecule has 1 aromatic carbocycles. The van der Waals surface area contributed by atoms with E-state index in [0.717, 1.165) is 19.4 Å². The third-order valence-corrected chi connectivity index (χ3v) is 4.75. The fraction of sp³-hybridized carbons (Fsp3) is 0.412. The summed E-state index contributed by atoms with van der Waals surface area (Å²) in [6.45, 7) is 2.43. The van der Waals surface area contributed by atoms with Crippen molar-refractivity contribution in [2.45, 2.75) is 25.0 Å². The van der Waals surface area contributed by atoms with Crippen molar-refractivity contribution in [1.82, 2.24) is 15.2 Å². The zero-order valence-corrected chi connectivity index (χ0v) is 13.1. The number of nitrogens with one attached hydrogen (secondary N) is 2. The maximum absolute atomic E-state index is 14.0. The van der Waals surface area contributed by atoms with Crippen molar-refractivity contribution in [3.8, 4) is 0 Å². The Kier molecular flexibility index (Phi) is 3.53. The molecule has 2 saturated heterocycles. The van der Waals surface area contributed by atoms with Gasteiger partial charge in [0.05, 0.1) is 12.1 Å². The Hall–Kier alpha value is -2.41. The van der Waals surface area contributed by atoms with Crippen molar-refractivity contribution in [2.75, 3.05) is 19.6 Å². The van der Waals surface area contributed by atoms with Crippen LogP contribution < -0.4 is 10.7 Å². The van der Waals surface area contributed by atoms with Crippen LogP contribution in [0.15, 0.2) is 29.1 Å². The number of nitrogens with zero attached hydrogens (tertiary/aromatic N) is 1. The van der Waals surface area contributed by atoms with Gasteiger partial charge < -0.3 is 15.0 Å². The molecule has 0 bridgehead atoms. The molecule has 24 heavy (non-hydrogen) atoms. The van der Waals surface area contributed by atoms with Gasteiger partial charge in [-0.05, 0) is 31.5 Å². The van der Waals surface area contributed by atoms with Crippen LogP contribution in [0.25, 0.3) is 10.9 Å². The van der Waals surface area contributed by atoms with Crippen molar-refractivity contribution in [1.29, 1.82) is 0 Å². The van der Waals surface area contributed by atoms with Gasteiger partial charge in [-0.2, -0.15) is 0 Å². The Morgan fingerprint density at radius 1 is 1.33 bits per heavy atom. The molecule has 2 fully saturated rings. The Morgan fingerprint density at radius 3 is 3.00 bits per heavy atom. The lowest BCUT2D eigenvalue weighted by atomic mass is 9.93. The normalized spacial score (nSPS) is 24.3. The summed E-state index contributed by atoms with van der Waals surface area (Å²) in [7, 11) is 0. The van der Waals surface area contributed by atoms with Gasteiger partial charge in [-0.15, -0.1) is 0 Å². The SMILES string of the molecule is O=C1NC[C@]2(CCCN(Cc3cc(=O)c4cccc(F)c4[nH]3)C2)O1. The van der Waals surface area contributed by atoms with Crippen LogP contribution in [0, 0.1) is 5.82 Å². The summed E-state index contributed by atoms with van der Waals surface area (Å²) >= 11 is 0. The second kappa shape index (κ2) is 5.59. The standard InChI is InChI=1S/C17H18FN3O3/c18-13-4-1-3-12-14(22)7-11(20-15(12)13)8-21-6-2-5-17(10-21)9-19-16(23)24-17/h1,3-4,7H,2,5-6,8-10H2,(H,19,23)(H,20,22)/t17-/m0/s1. The van der Waals surface area contributed by atoms with Gasteiger partial charge in [-0.1, -0.05) is 6.07 Å². The molecule has 6 nitrogen and oxygen atoms in total. The van der Waals surface area contributed by atoms with Gasteiger partial charge in [0.15, 0.2) is 5.43 Å². The maximum atomic E-state index is 14.0. The number of hydrogen-bond donors (Lipinski definition) is 2. The number of alkyl carbamates (subject to hydrolysis) is 1. The average molecular weight is 331 g/mol. The third-order valence-electron chi connectivity index (χ3n) is 4.75. The first-order valence-corrected chi connectivity index (χ1v) is 8.04. The highest BCUT2D eigenvalue weighted by molar-refractivity contribution is 5.78. The molecule has 2 aliphatic heterocycles. The summed E-state index contributed by atoms with van der Waals surface area (Å²) in [6.07, 6.45) is 1.35. The van der Waals surface area contributed by atoms with Crippen LogP contribution in [0.3, 0.4) is 0 Å². The van der Waals surface area contributed by atoms with Crippen molar-refractivity contribution in [3.05, 3.63) is 46.0 Å². The lowest BCUT2D eigenvalue weighted by Crippen LogP contribution is -2.50. The molecule has 0 saturated carbocycles. The number of carbonyl (C=O) groups is 1. The number of H-pyrrole nitrogens is 1. The number of aromatic amines is 1. The Balaban J connectivity index is 1.59. The van der Waals surface area contributed by atoms with Crippen LogP contribution in [0.1, 0.15) is 18.5 Å². The molecule has 2 N–H and O–H groups in total. The quantitative estimate of drug-likeness (QED) is 0.879. The first-order valence-electron chi connectivity index (χ1n) is 8.04. The molecule has 3 heterocycles. The number of hydrogen-bond acceptors (Lipinski definition) is 4. The van der Waals surface area contributed by atoms with Crippen molar-refractivity contribution in [2.24, 2.45) is 0 Å². The van der Waals surface area contributed by atoms with Gasteiger partial charge in [0.1, 0.15) is 11.4 Å². The number of piperidine rings is 1. The Bertz CT molecular complexity index is 866. The molecule has 7 heteroatoms. The minimum absolute atomic E-state index is 0.195. The van der Waals surface area contributed by atoms with Crippen LogP contribution in [0.4, 0.5) is 9.18 Å². The summed E-state index contributed by atoms with van der Waals surface area (Å²) in [5.41, 5.74) is 0.212. The topological polar surface area (TPSA) is 74.4 Å². The minimum atomic E-state index is -0.488. The molecule has 1 spiro atoms. The van der Waals surface area contributed by atoms with Crippen LogP contribution in [-0.2, 0) is 11.3 Å². The molecule has 0 unspecified atom stereocenters. The number of halogens is 1. The number of likely N-dealkylation sites (tertiary alicyclic amines) is 1. The monoisotopic (exact) mass is 331 g/mol. The predicted molar refractivity (Wildman–Crippen MR) is 86.3 cm³/mol. The first kappa shape index (κ1) is 15.1. The molecule has 1 aromatic heterocycles. The van der Waals surface area contributed by atoms with Gasteiger partial charge in [-0.3, -0.25) is 9.69 Å². The van der Waals surface area contributed by atoms with E-state index in [9.17, 15) is 14.0 Å². The number of amides is 1. The van der Waals surface area contributed by atoms with E-state index in [1.807, 2.05) is 0 Å². The molecule has 1 atom stereocenters. The van der Waals surface area contributed by atoms with E-state index in [-0.39, 0.29) is 17.0 Å². The maximum Gasteiger partial charge on any atom is 0.407 e. The van der Waals surface area contributed by atoms with Gasteiger partial charge in [0.25, 0.3) is 0 Å². The van der Waals surface area contributed by atoms with Gasteiger partial charge in [-0.25, -0.2) is 9.18 Å². The van der Waals surface area contributed by atoms with Crippen LogP contribution >= 0.6 is 0 Å². The molecule has 126 valence electrons. The highest BCUT2D eigenvalue weighted by Crippen LogP contribution is 2.28. The van der Waals surface area contributed by atoms with Crippen LogP contribution in [0.5, 0.6) is 0 Å². The lowest BCUT2D eigenvalue weighted by molar-refractivity contribution is -0.0114. The summed E-state index contributed by atoms with van der Waals surface area (Å²) in [6, 6.07) is 5.99. The average Bonchev–Trinajstić information content (AvgIpc) is 2.89. The molecule has 1 amide bonds. The van der Waals surface area contributed by atoms with Crippen molar-refractivity contribution < 1.29 is 13.9 Å². The van der Waals surface area contributed by atoms with E-state index in [1.165, 1.54) is 18.2 Å². The number of fused-ring (bicyclic) bond motifs is 1. The van der Waals surface area contributed by atoms with E-state index in [2.05, 4.69) is 15.2 Å². The second-order valence-electron chi connectivity index (χ2n) is 6.56. The fourth-order valence-corrected chi connectivity index (χ4v) is 3.67. The Labute approximate surface area is 137 Å². The fourth-order valence-electron chi connectivity index (χ4n) is 3.67. The van der Waals surface area contributed by atoms with Crippen molar-refractivity contribution in [3.63, 3.8) is 0 Å². The van der Waals surface area contributed by atoms with Gasteiger partial charge in [0.2, 0.25) is 0 Å². The smallest absolute Gasteiger partial charge is 0.407 e. The number of carbonyl (C=O) groups excluding carboxylic acids is 1. The summed E-state index contributed by atoms with van der Waals surface area (Å²) in [5.74, 6) is -0.435. The molecule has 0 aliphatic carbocycles. The third kappa shape index (κ3) is 2.65. The van der Waals surface area contributed by atoms with E-state index in [4.69, 9.17) is 4.74 Å². The highest BCUT2D eigenvalue weighted by Gasteiger charge is 2.43. The van der Waals surface area contributed by atoms with E-state index < -0.39 is 11.4 Å².